The summed E-state index contributed by atoms with van der Waals surface area (Å²) in [6.07, 6.45) is 2.44. The highest BCUT2D eigenvalue weighted by Crippen LogP contribution is 2.32. The monoisotopic (exact) mass is 437 g/mol. The molecule has 1 amide bonds. The maximum absolute atomic E-state index is 11.8. The molecule has 0 saturated carbocycles. The van der Waals surface area contributed by atoms with Crippen molar-refractivity contribution in [1.29, 1.82) is 0 Å². The molecule has 0 spiro atoms. The standard InChI is InChI=1S/C20H27N3O6S/c1-14(2)8-9-21-11-15-4-7-18(19(10-15)28-3)29-16-5-6-17(22-12-16)20(24)23-13-30(25,26)27/h4-7,10,12,14,21H,8-9,11,13H2,1-3H3,(H,23,24)(H,25,26,27). The van der Waals surface area contributed by atoms with Crippen LogP contribution in [-0.4, -0.2) is 43.4 Å². The first kappa shape index (κ1) is 23.6. The smallest absolute Gasteiger partial charge is 0.283 e. The summed E-state index contributed by atoms with van der Waals surface area (Å²) in [6, 6.07) is 8.53. The number of methoxy groups -OCH3 is 1. The van der Waals surface area contributed by atoms with Gasteiger partial charge in [0.15, 0.2) is 11.5 Å². The number of rotatable bonds is 11. The number of nitrogens with zero attached hydrogens (tertiary/aromatic N) is 1. The second kappa shape index (κ2) is 10.9. The molecule has 0 atom stereocenters. The zero-order valence-corrected chi connectivity index (χ0v) is 18.0. The van der Waals surface area contributed by atoms with Gasteiger partial charge in [-0.2, -0.15) is 8.42 Å². The van der Waals surface area contributed by atoms with Crippen molar-refractivity contribution < 1.29 is 27.2 Å². The molecule has 1 heterocycles. The van der Waals surface area contributed by atoms with Crippen molar-refractivity contribution in [3.63, 3.8) is 0 Å². The van der Waals surface area contributed by atoms with Gasteiger partial charge in [0, 0.05) is 6.54 Å². The summed E-state index contributed by atoms with van der Waals surface area (Å²) in [5.74, 6) is 0.466. The van der Waals surface area contributed by atoms with E-state index in [0.29, 0.717) is 23.2 Å². The van der Waals surface area contributed by atoms with Crippen LogP contribution in [0.1, 0.15) is 36.3 Å². The van der Waals surface area contributed by atoms with E-state index in [1.54, 1.807) is 13.2 Å². The van der Waals surface area contributed by atoms with Crippen molar-refractivity contribution in [2.24, 2.45) is 5.92 Å². The van der Waals surface area contributed by atoms with Crippen molar-refractivity contribution in [3.05, 3.63) is 47.8 Å². The van der Waals surface area contributed by atoms with Gasteiger partial charge in [0.2, 0.25) is 0 Å². The molecule has 1 aromatic carbocycles. The molecule has 0 saturated heterocycles. The van der Waals surface area contributed by atoms with Gasteiger partial charge >= 0.3 is 0 Å². The van der Waals surface area contributed by atoms with E-state index in [4.69, 9.17) is 14.0 Å². The van der Waals surface area contributed by atoms with E-state index in [-0.39, 0.29) is 5.69 Å². The quantitative estimate of drug-likeness (QED) is 0.362. The van der Waals surface area contributed by atoms with Crippen LogP contribution >= 0.6 is 0 Å². The van der Waals surface area contributed by atoms with Gasteiger partial charge in [-0.3, -0.25) is 9.35 Å². The maximum Gasteiger partial charge on any atom is 0.283 e. The van der Waals surface area contributed by atoms with E-state index < -0.39 is 21.9 Å². The summed E-state index contributed by atoms with van der Waals surface area (Å²) >= 11 is 0. The molecule has 0 unspecified atom stereocenters. The number of hydrogen-bond acceptors (Lipinski definition) is 7. The first-order valence-corrected chi connectivity index (χ1v) is 11.0. The molecular weight excluding hydrogens is 410 g/mol. The SMILES string of the molecule is COc1cc(CNCCC(C)C)ccc1Oc1ccc(C(=O)NCS(=O)(=O)O)nc1. The maximum atomic E-state index is 11.8. The normalized spacial score (nSPS) is 11.4. The Morgan fingerprint density at radius 3 is 2.57 bits per heavy atom. The number of ether oxygens (including phenoxy) is 2. The van der Waals surface area contributed by atoms with E-state index in [0.717, 1.165) is 25.1 Å². The zero-order valence-electron chi connectivity index (χ0n) is 17.2. The highest BCUT2D eigenvalue weighted by Gasteiger charge is 2.12. The third kappa shape index (κ3) is 7.97. The Bertz CT molecular complexity index is 946. The Morgan fingerprint density at radius 1 is 1.20 bits per heavy atom. The molecule has 2 aromatic rings. The minimum absolute atomic E-state index is 0.0132. The largest absolute Gasteiger partial charge is 0.493 e. The molecule has 0 aliphatic rings. The zero-order chi connectivity index (χ0) is 22.1. The Kier molecular flexibility index (Phi) is 8.58. The van der Waals surface area contributed by atoms with Gasteiger partial charge in [0.1, 0.15) is 17.3 Å². The summed E-state index contributed by atoms with van der Waals surface area (Å²) in [6.45, 7) is 6.03. The van der Waals surface area contributed by atoms with E-state index in [1.165, 1.54) is 18.3 Å². The van der Waals surface area contributed by atoms with Gasteiger partial charge < -0.3 is 20.1 Å². The summed E-state index contributed by atoms with van der Waals surface area (Å²) in [5.41, 5.74) is 1.05. The number of carbonyl (C=O) groups is 1. The Balaban J connectivity index is 1.99. The van der Waals surface area contributed by atoms with Crippen LogP contribution in [0.15, 0.2) is 36.5 Å². The fraction of sp³-hybridized carbons (Fsp3) is 0.400. The fourth-order valence-electron chi connectivity index (χ4n) is 2.48. The molecule has 3 N–H and O–H groups in total. The van der Waals surface area contributed by atoms with Gasteiger partial charge in [-0.05, 0) is 48.7 Å². The van der Waals surface area contributed by atoms with Crippen LogP contribution in [0.4, 0.5) is 0 Å². The minimum atomic E-state index is -4.30. The van der Waals surface area contributed by atoms with Gasteiger partial charge in [-0.15, -0.1) is 0 Å². The molecule has 1 aromatic heterocycles. The highest BCUT2D eigenvalue weighted by molar-refractivity contribution is 7.85. The summed E-state index contributed by atoms with van der Waals surface area (Å²) in [7, 11) is -2.75. The van der Waals surface area contributed by atoms with Gasteiger partial charge in [-0.1, -0.05) is 19.9 Å². The van der Waals surface area contributed by atoms with Gasteiger partial charge in [-0.25, -0.2) is 4.98 Å². The molecule has 2 rings (SSSR count). The third-order valence-corrected chi connectivity index (χ3v) is 4.58. The first-order chi connectivity index (χ1) is 14.2. The lowest BCUT2D eigenvalue weighted by molar-refractivity contribution is 0.0954. The second-order valence-electron chi connectivity index (χ2n) is 7.06. The molecule has 10 heteroatoms. The van der Waals surface area contributed by atoms with Crippen molar-refractivity contribution >= 4 is 16.0 Å². The fourth-order valence-corrected chi connectivity index (χ4v) is 2.79. The van der Waals surface area contributed by atoms with Crippen molar-refractivity contribution in [3.8, 4) is 17.2 Å². The number of carbonyl (C=O) groups excluding carboxylic acids is 1. The van der Waals surface area contributed by atoms with Crippen LogP contribution < -0.4 is 20.1 Å². The van der Waals surface area contributed by atoms with Crippen molar-refractivity contribution in [2.75, 3.05) is 19.5 Å². The van der Waals surface area contributed by atoms with Crippen LogP contribution in [0.2, 0.25) is 0 Å². The predicted octanol–water partition coefficient (Wildman–Crippen LogP) is 2.59. The molecule has 0 bridgehead atoms. The van der Waals surface area contributed by atoms with E-state index in [9.17, 15) is 13.2 Å². The molecular formula is C20H27N3O6S. The summed E-state index contributed by atoms with van der Waals surface area (Å²) < 4.78 is 41.3. The summed E-state index contributed by atoms with van der Waals surface area (Å²) in [5, 5.41) is 5.45. The first-order valence-electron chi connectivity index (χ1n) is 9.43. The lowest BCUT2D eigenvalue weighted by Crippen LogP contribution is -2.29. The van der Waals surface area contributed by atoms with Crippen LogP contribution in [0, 0.1) is 5.92 Å². The number of pyridine rings is 1. The van der Waals surface area contributed by atoms with Crippen LogP contribution in [-0.2, 0) is 16.7 Å². The molecule has 0 aliphatic carbocycles. The average molecular weight is 438 g/mol. The Morgan fingerprint density at radius 2 is 1.97 bits per heavy atom. The second-order valence-corrected chi connectivity index (χ2v) is 8.51. The Labute approximate surface area is 176 Å². The highest BCUT2D eigenvalue weighted by atomic mass is 32.2. The van der Waals surface area contributed by atoms with Crippen molar-refractivity contribution in [1.82, 2.24) is 15.6 Å². The molecule has 9 nitrogen and oxygen atoms in total. The van der Waals surface area contributed by atoms with Crippen LogP contribution in [0.5, 0.6) is 17.2 Å². The van der Waals surface area contributed by atoms with E-state index in [2.05, 4.69) is 29.5 Å². The molecule has 164 valence electrons. The number of nitrogens with one attached hydrogen (secondary N) is 2. The van der Waals surface area contributed by atoms with Gasteiger partial charge in [0.05, 0.1) is 13.3 Å². The molecule has 0 aliphatic heterocycles. The minimum Gasteiger partial charge on any atom is -0.493 e. The number of hydrogen-bond donors (Lipinski definition) is 3. The average Bonchev–Trinajstić information content (AvgIpc) is 2.70. The topological polar surface area (TPSA) is 127 Å². The van der Waals surface area contributed by atoms with Crippen molar-refractivity contribution in [2.45, 2.75) is 26.8 Å². The predicted molar refractivity (Wildman–Crippen MR) is 112 cm³/mol. The number of benzene rings is 1. The molecule has 0 radical (unpaired) electrons. The molecule has 30 heavy (non-hydrogen) atoms. The lowest BCUT2D eigenvalue weighted by atomic mass is 10.1. The third-order valence-electron chi connectivity index (χ3n) is 4.07. The lowest BCUT2D eigenvalue weighted by Gasteiger charge is -2.13. The van der Waals surface area contributed by atoms with Gasteiger partial charge in [0.25, 0.3) is 16.0 Å². The van der Waals surface area contributed by atoms with E-state index >= 15 is 0 Å². The molecule has 0 fully saturated rings. The van der Waals surface area contributed by atoms with Crippen LogP contribution in [0.3, 0.4) is 0 Å². The van der Waals surface area contributed by atoms with E-state index in [1.807, 2.05) is 12.1 Å². The van der Waals surface area contributed by atoms with Crippen LogP contribution in [0.25, 0.3) is 0 Å². The Hall–Kier alpha value is -2.69. The summed E-state index contributed by atoms with van der Waals surface area (Å²) in [4.78, 5) is 15.8. The number of aromatic nitrogens is 1. The number of amides is 1.